The molecule has 2 aromatic rings. The van der Waals surface area contributed by atoms with Crippen LogP contribution in [0.4, 0.5) is 11.4 Å². The van der Waals surface area contributed by atoms with E-state index in [1.807, 2.05) is 18.7 Å². The van der Waals surface area contributed by atoms with Crippen molar-refractivity contribution in [1.29, 1.82) is 0 Å². The van der Waals surface area contributed by atoms with E-state index in [4.69, 9.17) is 34.8 Å². The van der Waals surface area contributed by atoms with Crippen molar-refractivity contribution in [2.24, 2.45) is 0 Å². The maximum Gasteiger partial charge on any atom is 0.253 e. The van der Waals surface area contributed by atoms with Crippen LogP contribution >= 0.6 is 34.8 Å². The number of halogens is 3. The zero-order valence-electron chi connectivity index (χ0n) is 16.4. The molecule has 2 amide bonds. The lowest BCUT2D eigenvalue weighted by atomic mass is 10.1. The van der Waals surface area contributed by atoms with Crippen LogP contribution in [0.5, 0.6) is 0 Å². The first-order valence-electron chi connectivity index (χ1n) is 9.43. The summed E-state index contributed by atoms with van der Waals surface area (Å²) in [5.74, 6) is -0.318. The Morgan fingerprint density at radius 2 is 1.59 bits per heavy atom. The van der Waals surface area contributed by atoms with E-state index in [0.29, 0.717) is 45.1 Å². The molecule has 0 fully saturated rings. The summed E-state index contributed by atoms with van der Waals surface area (Å²) in [5, 5.41) is 6.76. The van der Waals surface area contributed by atoms with Crippen molar-refractivity contribution in [3.8, 4) is 0 Å². The molecule has 0 aliphatic rings. The first-order valence-corrected chi connectivity index (χ1v) is 10.6. The monoisotopic (exact) mass is 455 g/mol. The highest BCUT2D eigenvalue weighted by molar-refractivity contribution is 6.44. The molecule has 0 aromatic heterocycles. The molecule has 0 aliphatic heterocycles. The summed E-state index contributed by atoms with van der Waals surface area (Å²) < 4.78 is 0. The van der Waals surface area contributed by atoms with Crippen LogP contribution in [0.1, 0.15) is 37.0 Å². The van der Waals surface area contributed by atoms with Crippen LogP contribution in [0.3, 0.4) is 0 Å². The molecular weight excluding hydrogens is 433 g/mol. The minimum Gasteiger partial charge on any atom is -0.375 e. The number of hydrogen-bond donors (Lipinski definition) is 2. The fourth-order valence-corrected chi connectivity index (χ4v) is 3.42. The second-order valence-electron chi connectivity index (χ2n) is 6.52. The van der Waals surface area contributed by atoms with Crippen LogP contribution in [-0.4, -0.2) is 36.3 Å². The van der Waals surface area contributed by atoms with Crippen molar-refractivity contribution >= 4 is 58.0 Å². The van der Waals surface area contributed by atoms with Gasteiger partial charge in [0, 0.05) is 24.3 Å². The number of amides is 2. The summed E-state index contributed by atoms with van der Waals surface area (Å²) >= 11 is 18.0. The third-order valence-electron chi connectivity index (χ3n) is 4.12. The van der Waals surface area contributed by atoms with Crippen LogP contribution < -0.4 is 10.6 Å². The van der Waals surface area contributed by atoms with E-state index < -0.39 is 0 Å². The number of nitrogens with zero attached hydrogens (tertiary/aromatic N) is 1. The van der Waals surface area contributed by atoms with Crippen LogP contribution in [0.15, 0.2) is 36.4 Å². The lowest BCUT2D eigenvalue weighted by Crippen LogP contribution is -2.32. The van der Waals surface area contributed by atoms with Gasteiger partial charge in [0.25, 0.3) is 5.91 Å². The molecule has 0 saturated heterocycles. The van der Waals surface area contributed by atoms with Gasteiger partial charge in [0.15, 0.2) is 0 Å². The first kappa shape index (κ1) is 23.3. The minimum atomic E-state index is -0.282. The summed E-state index contributed by atoms with van der Waals surface area (Å²) in [6.07, 6.45) is 1.79. The Kier molecular flexibility index (Phi) is 9.08. The summed E-state index contributed by atoms with van der Waals surface area (Å²) in [5.41, 5.74) is 1.61. The van der Waals surface area contributed by atoms with Crippen molar-refractivity contribution in [2.75, 3.05) is 30.3 Å². The third-order valence-corrected chi connectivity index (χ3v) is 5.15. The maximum absolute atomic E-state index is 12.7. The van der Waals surface area contributed by atoms with E-state index in [2.05, 4.69) is 10.6 Å². The predicted octanol–water partition coefficient (Wildman–Crippen LogP) is 5.96. The minimum absolute atomic E-state index is 0.0202. The molecule has 29 heavy (non-hydrogen) atoms. The van der Waals surface area contributed by atoms with Gasteiger partial charge in [0.1, 0.15) is 0 Å². The van der Waals surface area contributed by atoms with E-state index in [9.17, 15) is 9.59 Å². The summed E-state index contributed by atoms with van der Waals surface area (Å²) in [7, 11) is 0. The highest BCUT2D eigenvalue weighted by atomic mass is 35.5. The molecule has 8 heteroatoms. The largest absolute Gasteiger partial charge is 0.375 e. The fraction of sp³-hybridized carbons (Fsp3) is 0.333. The van der Waals surface area contributed by atoms with Gasteiger partial charge in [-0.25, -0.2) is 0 Å². The molecule has 5 nitrogen and oxygen atoms in total. The second kappa shape index (κ2) is 11.3. The molecule has 156 valence electrons. The predicted molar refractivity (Wildman–Crippen MR) is 122 cm³/mol. The van der Waals surface area contributed by atoms with E-state index >= 15 is 0 Å². The Labute approximate surface area is 186 Å². The lowest BCUT2D eigenvalue weighted by Gasteiger charge is -2.21. The number of carbonyl (C=O) groups is 2. The number of rotatable bonds is 9. The maximum atomic E-state index is 12.7. The second-order valence-corrected chi connectivity index (χ2v) is 7.74. The standard InChI is InChI=1S/C21H24Cl3N3O2/c1-3-8-27(9-4-2)21(29)14-6-5-7-15(10-14)26-20(28)13-25-19-12-17(23)16(22)11-18(19)24/h5-7,10-12,25H,3-4,8-9,13H2,1-2H3,(H,26,28). The zero-order valence-corrected chi connectivity index (χ0v) is 18.7. The highest BCUT2D eigenvalue weighted by Crippen LogP contribution is 2.32. The number of nitrogens with one attached hydrogen (secondary N) is 2. The Balaban J connectivity index is 2.01. The molecule has 0 heterocycles. The number of benzene rings is 2. The number of carbonyl (C=O) groups excluding carboxylic acids is 2. The molecule has 2 aromatic carbocycles. The van der Waals surface area contributed by atoms with Crippen molar-refractivity contribution < 1.29 is 9.59 Å². The van der Waals surface area contributed by atoms with Gasteiger partial charge in [-0.05, 0) is 43.2 Å². The number of anilines is 2. The van der Waals surface area contributed by atoms with E-state index in [0.717, 1.165) is 12.8 Å². The molecule has 2 N–H and O–H groups in total. The van der Waals surface area contributed by atoms with Gasteiger partial charge in [0.2, 0.25) is 5.91 Å². The van der Waals surface area contributed by atoms with Crippen LogP contribution in [0, 0.1) is 0 Å². The summed E-state index contributed by atoms with van der Waals surface area (Å²) in [6, 6.07) is 10.0. The Bertz CT molecular complexity index is 868. The van der Waals surface area contributed by atoms with E-state index in [-0.39, 0.29) is 18.4 Å². The van der Waals surface area contributed by atoms with Gasteiger partial charge in [0.05, 0.1) is 27.3 Å². The molecule has 0 aliphatic carbocycles. The fourth-order valence-electron chi connectivity index (χ4n) is 2.81. The van der Waals surface area contributed by atoms with Crippen LogP contribution in [0.25, 0.3) is 0 Å². The molecular formula is C21H24Cl3N3O2. The van der Waals surface area contributed by atoms with Crippen LogP contribution in [-0.2, 0) is 4.79 Å². The quantitative estimate of drug-likeness (QED) is 0.458. The van der Waals surface area contributed by atoms with Crippen molar-refractivity contribution in [1.82, 2.24) is 4.90 Å². The van der Waals surface area contributed by atoms with Gasteiger partial charge in [-0.2, -0.15) is 0 Å². The average molecular weight is 457 g/mol. The zero-order chi connectivity index (χ0) is 21.4. The van der Waals surface area contributed by atoms with E-state index in [1.165, 1.54) is 6.07 Å². The summed E-state index contributed by atoms with van der Waals surface area (Å²) in [6.45, 7) is 5.47. The molecule has 0 spiro atoms. The Hall–Kier alpha value is -1.95. The van der Waals surface area contributed by atoms with Crippen molar-refractivity contribution in [2.45, 2.75) is 26.7 Å². The topological polar surface area (TPSA) is 61.4 Å². The molecule has 0 saturated carbocycles. The SMILES string of the molecule is CCCN(CCC)C(=O)c1cccc(NC(=O)CNc2cc(Cl)c(Cl)cc2Cl)c1. The molecule has 0 atom stereocenters. The smallest absolute Gasteiger partial charge is 0.253 e. The Morgan fingerprint density at radius 3 is 2.24 bits per heavy atom. The molecule has 2 rings (SSSR count). The molecule has 0 radical (unpaired) electrons. The average Bonchev–Trinajstić information content (AvgIpc) is 2.69. The molecule has 0 bridgehead atoms. The van der Waals surface area contributed by atoms with Crippen LogP contribution in [0.2, 0.25) is 15.1 Å². The highest BCUT2D eigenvalue weighted by Gasteiger charge is 2.15. The van der Waals surface area contributed by atoms with E-state index in [1.54, 1.807) is 30.3 Å². The van der Waals surface area contributed by atoms with Crippen molar-refractivity contribution in [3.63, 3.8) is 0 Å². The summed E-state index contributed by atoms with van der Waals surface area (Å²) in [4.78, 5) is 26.9. The van der Waals surface area contributed by atoms with Crippen molar-refractivity contribution in [3.05, 3.63) is 57.0 Å². The van der Waals surface area contributed by atoms with Gasteiger partial charge in [-0.15, -0.1) is 0 Å². The van der Waals surface area contributed by atoms with Gasteiger partial charge >= 0.3 is 0 Å². The third kappa shape index (κ3) is 6.81. The Morgan fingerprint density at radius 1 is 0.931 bits per heavy atom. The van der Waals surface area contributed by atoms with Gasteiger partial charge in [-0.3, -0.25) is 9.59 Å². The van der Waals surface area contributed by atoms with Gasteiger partial charge < -0.3 is 15.5 Å². The molecule has 0 unspecified atom stereocenters. The van der Waals surface area contributed by atoms with Gasteiger partial charge in [-0.1, -0.05) is 54.7 Å². The number of hydrogen-bond acceptors (Lipinski definition) is 3. The normalized spacial score (nSPS) is 10.5. The lowest BCUT2D eigenvalue weighted by molar-refractivity contribution is -0.114. The first-order chi connectivity index (χ1) is 13.8.